The van der Waals surface area contributed by atoms with Gasteiger partial charge in [-0.05, 0) is 44.5 Å². The lowest BCUT2D eigenvalue weighted by Gasteiger charge is -2.17. The highest BCUT2D eigenvalue weighted by Crippen LogP contribution is 2.41. The van der Waals surface area contributed by atoms with Crippen LogP contribution < -0.4 is 9.93 Å². The van der Waals surface area contributed by atoms with Crippen LogP contribution in [0.5, 0.6) is 0 Å². The number of fused-ring (bicyclic) bond motifs is 2. The summed E-state index contributed by atoms with van der Waals surface area (Å²) in [4.78, 5) is 24.7. The topological polar surface area (TPSA) is 68.8 Å². The number of hydrogen-bond acceptors (Lipinski definition) is 5. The van der Waals surface area contributed by atoms with Gasteiger partial charge in [0.2, 0.25) is 5.36 Å². The second-order valence-corrected chi connectivity index (χ2v) is 8.42. The van der Waals surface area contributed by atoms with E-state index >= 15 is 0 Å². The fraction of sp³-hybridized carbons (Fsp3) is 0.233. The van der Waals surface area contributed by atoms with E-state index in [0.29, 0.717) is 11.1 Å². The van der Waals surface area contributed by atoms with Gasteiger partial charge in [0.25, 0.3) is 0 Å². The van der Waals surface area contributed by atoms with E-state index in [1.54, 1.807) is 19.1 Å². The minimum Gasteiger partial charge on any atom is -0.459 e. The minimum absolute atomic E-state index is 0.0379. The molecule has 4 rings (SSSR count). The van der Waals surface area contributed by atoms with Gasteiger partial charge < -0.3 is 13.9 Å². The molecule has 0 bridgehead atoms. The molecule has 0 spiro atoms. The van der Waals surface area contributed by atoms with Gasteiger partial charge in [0, 0.05) is 28.2 Å². The van der Waals surface area contributed by atoms with Crippen LogP contribution in [0.1, 0.15) is 31.1 Å². The summed E-state index contributed by atoms with van der Waals surface area (Å²) < 4.78 is 19.1. The number of carbonyl (C=O) groups excluding carboxylic acids is 2. The van der Waals surface area contributed by atoms with Gasteiger partial charge in [-0.25, -0.2) is 14.2 Å². The van der Waals surface area contributed by atoms with Crippen LogP contribution in [-0.4, -0.2) is 38.2 Å². The lowest BCUT2D eigenvalue weighted by atomic mass is 9.91. The van der Waals surface area contributed by atoms with Crippen LogP contribution in [0, 0.1) is 0 Å². The molecule has 1 aliphatic heterocycles. The molecule has 184 valence electrons. The number of para-hydroxylation sites is 1. The summed E-state index contributed by atoms with van der Waals surface area (Å²) in [5, 5.41) is 1.98. The zero-order valence-electron chi connectivity index (χ0n) is 20.9. The zero-order chi connectivity index (χ0) is 25.7. The number of nitrogens with zero attached hydrogens (tertiary/aromatic N) is 1. The van der Waals surface area contributed by atoms with Crippen LogP contribution in [0.2, 0.25) is 0 Å². The summed E-state index contributed by atoms with van der Waals surface area (Å²) in [7, 11) is 0. The van der Waals surface area contributed by atoms with Gasteiger partial charge in [0.1, 0.15) is 37.6 Å². The molecule has 0 N–H and O–H groups in total. The molecular weight excluding hydrogens is 454 g/mol. The van der Waals surface area contributed by atoms with Crippen LogP contribution in [0.25, 0.3) is 33.4 Å². The first-order valence-corrected chi connectivity index (χ1v) is 12.1. The molecule has 6 heteroatoms. The molecule has 0 amide bonds. The average molecular weight is 485 g/mol. The van der Waals surface area contributed by atoms with Gasteiger partial charge in [0.05, 0.1) is 11.6 Å². The van der Waals surface area contributed by atoms with E-state index in [4.69, 9.17) is 13.9 Å². The maximum Gasteiger partial charge on any atom is 0.338 e. The molecule has 1 aliphatic carbocycles. The van der Waals surface area contributed by atoms with Crippen LogP contribution in [0.3, 0.4) is 0 Å². The van der Waals surface area contributed by atoms with Crippen molar-refractivity contribution in [2.45, 2.75) is 20.8 Å². The van der Waals surface area contributed by atoms with Gasteiger partial charge in [-0.1, -0.05) is 43.0 Å². The Labute approximate surface area is 210 Å². The Morgan fingerprint density at radius 3 is 2.33 bits per heavy atom. The van der Waals surface area contributed by atoms with Crippen LogP contribution in [0.15, 0.2) is 83.3 Å². The summed E-state index contributed by atoms with van der Waals surface area (Å²) in [5.74, 6) is -0.265. The molecule has 2 aromatic carbocycles. The molecule has 0 saturated heterocycles. The van der Waals surface area contributed by atoms with E-state index in [1.807, 2.05) is 42.5 Å². The SMILES string of the molecule is C=C(C)C(=O)OCCOC(=O)c1ccccc1-c1c2ccc(=[N+](CC)CC)cc-2oc2ccccc12. The fourth-order valence-electron chi connectivity index (χ4n) is 4.25. The van der Waals surface area contributed by atoms with Crippen molar-refractivity contribution in [1.29, 1.82) is 0 Å². The van der Waals surface area contributed by atoms with Gasteiger partial charge in [0.15, 0.2) is 0 Å². The minimum atomic E-state index is -0.512. The third-order valence-electron chi connectivity index (χ3n) is 6.05. The first-order valence-electron chi connectivity index (χ1n) is 12.1. The molecule has 0 atom stereocenters. The normalized spacial score (nSPS) is 10.9. The quantitative estimate of drug-likeness (QED) is 0.112. The highest BCUT2D eigenvalue weighted by molar-refractivity contribution is 6.07. The van der Waals surface area contributed by atoms with Crippen LogP contribution >= 0.6 is 0 Å². The van der Waals surface area contributed by atoms with Crippen molar-refractivity contribution < 1.29 is 23.5 Å². The van der Waals surface area contributed by atoms with Crippen molar-refractivity contribution in [1.82, 2.24) is 4.58 Å². The predicted octanol–water partition coefficient (Wildman–Crippen LogP) is 5.29. The fourth-order valence-corrected chi connectivity index (χ4v) is 4.25. The van der Waals surface area contributed by atoms with E-state index < -0.39 is 11.9 Å². The molecule has 2 aliphatic rings. The summed E-state index contributed by atoms with van der Waals surface area (Å²) in [6, 6.07) is 21.3. The number of hydrogen-bond donors (Lipinski definition) is 0. The Bertz CT molecular complexity index is 1470. The van der Waals surface area contributed by atoms with E-state index in [1.165, 1.54) is 0 Å². The first kappa shape index (κ1) is 24.9. The monoisotopic (exact) mass is 484 g/mol. The molecule has 6 nitrogen and oxygen atoms in total. The van der Waals surface area contributed by atoms with Crippen LogP contribution in [-0.2, 0) is 14.3 Å². The maximum atomic E-state index is 13.1. The standard InChI is InChI=1S/C30H30NO5/c1-5-31(6-2)21-15-16-25-27(19-21)36-26-14-10-9-13-24(26)28(25)22-11-7-8-12-23(22)30(33)35-18-17-34-29(32)20(3)4/h7-16,19H,3,5-6,17-18H2,1-2,4H3/q+1. The predicted molar refractivity (Wildman–Crippen MR) is 141 cm³/mol. The highest BCUT2D eigenvalue weighted by Gasteiger charge is 2.22. The Morgan fingerprint density at radius 2 is 1.58 bits per heavy atom. The van der Waals surface area contributed by atoms with E-state index in [9.17, 15) is 9.59 Å². The second-order valence-electron chi connectivity index (χ2n) is 8.42. The van der Waals surface area contributed by atoms with Crippen molar-refractivity contribution in [3.05, 3.63) is 89.8 Å². The molecule has 36 heavy (non-hydrogen) atoms. The number of rotatable bonds is 8. The zero-order valence-corrected chi connectivity index (χ0v) is 20.9. The highest BCUT2D eigenvalue weighted by atomic mass is 16.6. The smallest absolute Gasteiger partial charge is 0.338 e. The third kappa shape index (κ3) is 5.08. The Balaban J connectivity index is 1.80. The molecule has 0 radical (unpaired) electrons. The third-order valence-corrected chi connectivity index (χ3v) is 6.05. The van der Waals surface area contributed by atoms with Crippen molar-refractivity contribution in [2.75, 3.05) is 26.3 Å². The van der Waals surface area contributed by atoms with Crippen molar-refractivity contribution >= 4 is 22.9 Å². The van der Waals surface area contributed by atoms with Crippen molar-refractivity contribution in [3.8, 4) is 22.5 Å². The van der Waals surface area contributed by atoms with Gasteiger partial charge in [-0.15, -0.1) is 0 Å². The van der Waals surface area contributed by atoms with Gasteiger partial charge in [-0.3, -0.25) is 0 Å². The molecule has 0 saturated carbocycles. The molecular formula is C30H30NO5+. The Hall–Kier alpha value is -4.19. The molecule has 0 fully saturated rings. The maximum absolute atomic E-state index is 13.1. The lowest BCUT2D eigenvalue weighted by Crippen LogP contribution is -2.29. The van der Waals surface area contributed by atoms with Crippen molar-refractivity contribution in [2.24, 2.45) is 0 Å². The number of carbonyl (C=O) groups is 2. The Morgan fingerprint density at radius 1 is 0.889 bits per heavy atom. The van der Waals surface area contributed by atoms with Crippen molar-refractivity contribution in [3.63, 3.8) is 0 Å². The summed E-state index contributed by atoms with van der Waals surface area (Å²) in [5.41, 5.74) is 4.00. The lowest BCUT2D eigenvalue weighted by molar-refractivity contribution is -0.140. The molecule has 0 unspecified atom stereocenters. The second kappa shape index (κ2) is 11.0. The molecule has 1 heterocycles. The Kier molecular flexibility index (Phi) is 7.64. The number of esters is 2. The van der Waals surface area contributed by atoms with E-state index in [-0.39, 0.29) is 13.2 Å². The first-order chi connectivity index (χ1) is 17.4. The molecule has 0 aromatic heterocycles. The largest absolute Gasteiger partial charge is 0.459 e. The summed E-state index contributed by atoms with van der Waals surface area (Å²) in [6.07, 6.45) is 0. The summed E-state index contributed by atoms with van der Waals surface area (Å²) in [6.45, 7) is 11.0. The van der Waals surface area contributed by atoms with Crippen LogP contribution in [0.4, 0.5) is 0 Å². The molecule has 2 aromatic rings. The average Bonchev–Trinajstić information content (AvgIpc) is 2.90. The number of benzene rings is 3. The number of ether oxygens (including phenoxy) is 2. The summed E-state index contributed by atoms with van der Waals surface area (Å²) >= 11 is 0. The van der Waals surface area contributed by atoms with Gasteiger partial charge >= 0.3 is 11.9 Å². The van der Waals surface area contributed by atoms with Gasteiger partial charge in [-0.2, -0.15) is 0 Å². The van der Waals surface area contributed by atoms with E-state index in [0.717, 1.165) is 51.9 Å². The van der Waals surface area contributed by atoms with E-state index in [2.05, 4.69) is 37.1 Å².